The quantitative estimate of drug-likeness (QED) is 0.430. The summed E-state index contributed by atoms with van der Waals surface area (Å²) in [7, 11) is 1.58. The van der Waals surface area contributed by atoms with Gasteiger partial charge in [-0.3, -0.25) is 14.5 Å². The number of amidine groups is 1. The molecule has 1 unspecified atom stereocenters. The molecule has 1 fully saturated rings. The number of rotatable bonds is 6. The molecule has 9 heteroatoms. The second-order valence-corrected chi connectivity index (χ2v) is 9.59. The maximum absolute atomic E-state index is 13.3. The summed E-state index contributed by atoms with van der Waals surface area (Å²) in [4.78, 5) is 32.3. The lowest BCUT2D eigenvalue weighted by molar-refractivity contribution is -0.129. The normalized spacial score (nSPS) is 17.0. The van der Waals surface area contributed by atoms with Crippen LogP contribution in [0.25, 0.3) is 0 Å². The maximum atomic E-state index is 13.3. The Kier molecular flexibility index (Phi) is 7.64. The molecular formula is C25H21BrFN3O3S. The molecule has 1 aliphatic rings. The standard InChI is InChI=1S/C25H21BrFN3O3S/c1-33-21-12-10-20(11-13-21)29-25-30(15-16-2-6-18(27)7-3-16)23(31)14-22(34-25)24(32)28-19-8-4-17(26)5-9-19/h2-13,22H,14-15H2,1H3,(H,28,32). The summed E-state index contributed by atoms with van der Waals surface area (Å²) in [6.07, 6.45) is 0.0237. The fraction of sp³-hybridized carbons (Fsp3) is 0.160. The highest BCUT2D eigenvalue weighted by Crippen LogP contribution is 2.31. The van der Waals surface area contributed by atoms with E-state index in [0.29, 0.717) is 22.3 Å². The number of nitrogens with one attached hydrogen (secondary N) is 1. The Morgan fingerprint density at radius 1 is 1.12 bits per heavy atom. The van der Waals surface area contributed by atoms with E-state index in [0.717, 1.165) is 10.0 Å². The van der Waals surface area contributed by atoms with Crippen LogP contribution in [-0.2, 0) is 16.1 Å². The highest BCUT2D eigenvalue weighted by Gasteiger charge is 2.36. The Morgan fingerprint density at radius 3 is 2.44 bits per heavy atom. The van der Waals surface area contributed by atoms with Gasteiger partial charge in [0.1, 0.15) is 16.8 Å². The minimum absolute atomic E-state index is 0.0237. The second-order valence-electron chi connectivity index (χ2n) is 7.51. The molecule has 1 N–H and O–H groups in total. The number of carbonyl (C=O) groups excluding carboxylic acids is 2. The molecule has 6 nitrogen and oxygen atoms in total. The molecule has 0 aliphatic carbocycles. The number of amides is 2. The zero-order valence-electron chi connectivity index (χ0n) is 18.2. The van der Waals surface area contributed by atoms with Crippen molar-refractivity contribution in [2.45, 2.75) is 18.2 Å². The van der Waals surface area contributed by atoms with Gasteiger partial charge in [0.2, 0.25) is 11.8 Å². The van der Waals surface area contributed by atoms with Gasteiger partial charge >= 0.3 is 0 Å². The number of methoxy groups -OCH3 is 1. The van der Waals surface area contributed by atoms with Crippen molar-refractivity contribution in [1.29, 1.82) is 0 Å². The summed E-state index contributed by atoms with van der Waals surface area (Å²) in [5.74, 6) is -0.165. The Morgan fingerprint density at radius 2 is 1.79 bits per heavy atom. The summed E-state index contributed by atoms with van der Waals surface area (Å²) in [5, 5.41) is 2.63. The van der Waals surface area contributed by atoms with Crippen molar-refractivity contribution in [3.63, 3.8) is 0 Å². The van der Waals surface area contributed by atoms with Gasteiger partial charge in [-0.05, 0) is 66.2 Å². The molecule has 0 radical (unpaired) electrons. The number of aliphatic imine (C=N–C) groups is 1. The van der Waals surface area contributed by atoms with Crippen molar-refractivity contribution in [2.75, 3.05) is 12.4 Å². The van der Waals surface area contributed by atoms with Gasteiger partial charge in [-0.25, -0.2) is 9.38 Å². The highest BCUT2D eigenvalue weighted by atomic mass is 79.9. The monoisotopic (exact) mass is 541 g/mol. The number of hydrogen-bond donors (Lipinski definition) is 1. The molecule has 0 aromatic heterocycles. The minimum Gasteiger partial charge on any atom is -0.497 e. The van der Waals surface area contributed by atoms with E-state index in [1.807, 2.05) is 12.1 Å². The first kappa shape index (κ1) is 24.0. The van der Waals surface area contributed by atoms with Gasteiger partial charge in [-0.1, -0.05) is 39.8 Å². The number of ether oxygens (including phenoxy) is 1. The van der Waals surface area contributed by atoms with Crippen LogP contribution >= 0.6 is 27.7 Å². The molecule has 34 heavy (non-hydrogen) atoms. The number of nitrogens with zero attached hydrogens (tertiary/aromatic N) is 2. The minimum atomic E-state index is -0.641. The number of benzene rings is 3. The van der Waals surface area contributed by atoms with Crippen LogP contribution in [0.5, 0.6) is 5.75 Å². The lowest BCUT2D eigenvalue weighted by atomic mass is 10.2. The van der Waals surface area contributed by atoms with Crippen LogP contribution in [0, 0.1) is 5.82 Å². The first-order valence-electron chi connectivity index (χ1n) is 10.4. The molecular weight excluding hydrogens is 521 g/mol. The Bertz CT molecular complexity index is 1200. The molecule has 3 aromatic rings. The van der Waals surface area contributed by atoms with Crippen molar-refractivity contribution < 1.29 is 18.7 Å². The van der Waals surface area contributed by atoms with Crippen LogP contribution < -0.4 is 10.1 Å². The molecule has 174 valence electrons. The van der Waals surface area contributed by atoms with E-state index in [1.165, 1.54) is 28.8 Å². The van der Waals surface area contributed by atoms with Gasteiger partial charge in [0.15, 0.2) is 5.17 Å². The van der Waals surface area contributed by atoms with Crippen molar-refractivity contribution in [3.8, 4) is 5.75 Å². The summed E-state index contributed by atoms with van der Waals surface area (Å²) in [6.45, 7) is 0.224. The van der Waals surface area contributed by atoms with Crippen LogP contribution in [0.1, 0.15) is 12.0 Å². The third-order valence-corrected chi connectivity index (χ3v) is 6.81. The van der Waals surface area contributed by atoms with Crippen LogP contribution in [0.2, 0.25) is 0 Å². The van der Waals surface area contributed by atoms with E-state index in [-0.39, 0.29) is 30.6 Å². The molecule has 1 aliphatic heterocycles. The zero-order valence-corrected chi connectivity index (χ0v) is 20.6. The molecule has 1 heterocycles. The number of carbonyl (C=O) groups is 2. The van der Waals surface area contributed by atoms with Crippen molar-refractivity contribution in [2.24, 2.45) is 4.99 Å². The third kappa shape index (κ3) is 6.03. The van der Waals surface area contributed by atoms with E-state index in [9.17, 15) is 14.0 Å². The van der Waals surface area contributed by atoms with E-state index in [1.54, 1.807) is 55.6 Å². The lowest BCUT2D eigenvalue weighted by Crippen LogP contribution is -2.44. The highest BCUT2D eigenvalue weighted by molar-refractivity contribution is 9.10. The van der Waals surface area contributed by atoms with Crippen molar-refractivity contribution in [3.05, 3.63) is 88.6 Å². The van der Waals surface area contributed by atoms with Gasteiger partial charge in [0.25, 0.3) is 0 Å². The first-order valence-corrected chi connectivity index (χ1v) is 12.1. The topological polar surface area (TPSA) is 71.0 Å². The molecule has 0 spiro atoms. The summed E-state index contributed by atoms with van der Waals surface area (Å²) < 4.78 is 19.4. The molecule has 0 saturated carbocycles. The summed E-state index contributed by atoms with van der Waals surface area (Å²) in [6, 6.07) is 20.3. The second kappa shape index (κ2) is 10.8. The molecule has 1 saturated heterocycles. The van der Waals surface area contributed by atoms with E-state index < -0.39 is 5.25 Å². The fourth-order valence-electron chi connectivity index (χ4n) is 3.29. The van der Waals surface area contributed by atoms with Crippen LogP contribution in [-0.4, -0.2) is 34.2 Å². The summed E-state index contributed by atoms with van der Waals surface area (Å²) >= 11 is 4.60. The largest absolute Gasteiger partial charge is 0.497 e. The lowest BCUT2D eigenvalue weighted by Gasteiger charge is -2.32. The van der Waals surface area contributed by atoms with Gasteiger partial charge in [-0.15, -0.1) is 0 Å². The van der Waals surface area contributed by atoms with Crippen LogP contribution in [0.4, 0.5) is 15.8 Å². The number of anilines is 1. The molecule has 3 aromatic carbocycles. The van der Waals surface area contributed by atoms with E-state index in [2.05, 4.69) is 26.2 Å². The third-order valence-electron chi connectivity index (χ3n) is 5.09. The maximum Gasteiger partial charge on any atom is 0.238 e. The van der Waals surface area contributed by atoms with Gasteiger partial charge in [-0.2, -0.15) is 0 Å². The Hall–Kier alpha value is -3.17. The van der Waals surface area contributed by atoms with Gasteiger partial charge in [0, 0.05) is 16.6 Å². The predicted octanol–water partition coefficient (Wildman–Crippen LogP) is 5.76. The zero-order chi connectivity index (χ0) is 24.1. The average molecular weight is 542 g/mol. The number of thioether (sulfide) groups is 1. The fourth-order valence-corrected chi connectivity index (χ4v) is 4.65. The Balaban J connectivity index is 1.59. The Labute approximate surface area is 209 Å². The van der Waals surface area contributed by atoms with Crippen molar-refractivity contribution >= 4 is 56.0 Å². The molecule has 1 atom stereocenters. The van der Waals surface area contributed by atoms with E-state index >= 15 is 0 Å². The average Bonchev–Trinajstić information content (AvgIpc) is 2.84. The molecule has 4 rings (SSSR count). The molecule has 0 bridgehead atoms. The number of halogens is 2. The van der Waals surface area contributed by atoms with Crippen LogP contribution in [0.15, 0.2) is 82.3 Å². The molecule has 2 amide bonds. The predicted molar refractivity (Wildman–Crippen MR) is 136 cm³/mol. The smallest absolute Gasteiger partial charge is 0.238 e. The van der Waals surface area contributed by atoms with Crippen molar-refractivity contribution in [1.82, 2.24) is 4.90 Å². The van der Waals surface area contributed by atoms with Gasteiger partial charge < -0.3 is 10.1 Å². The van der Waals surface area contributed by atoms with Gasteiger partial charge in [0.05, 0.1) is 19.3 Å². The SMILES string of the molecule is COc1ccc(N=C2SC(C(=O)Nc3ccc(Br)cc3)CC(=O)N2Cc2ccc(F)cc2)cc1. The number of hydrogen-bond acceptors (Lipinski definition) is 5. The van der Waals surface area contributed by atoms with Crippen LogP contribution in [0.3, 0.4) is 0 Å². The first-order chi connectivity index (χ1) is 16.4. The summed E-state index contributed by atoms with van der Waals surface area (Å²) in [5.41, 5.74) is 2.02. The van der Waals surface area contributed by atoms with E-state index in [4.69, 9.17) is 4.74 Å².